The molecule has 17 heavy (non-hydrogen) atoms. The van der Waals surface area contributed by atoms with E-state index in [-0.39, 0.29) is 12.2 Å². The number of amides is 1. The Morgan fingerprint density at radius 2 is 2.35 bits per heavy atom. The van der Waals surface area contributed by atoms with E-state index in [9.17, 15) is 9.18 Å². The molecule has 0 atom stereocenters. The Kier molecular flexibility index (Phi) is 2.95. The molecule has 1 heterocycles. The first-order valence-electron chi connectivity index (χ1n) is 4.64. The Morgan fingerprint density at radius 3 is 3.00 bits per heavy atom. The number of phenols is 1. The Morgan fingerprint density at radius 1 is 1.53 bits per heavy atom. The van der Waals surface area contributed by atoms with Crippen molar-refractivity contribution in [3.8, 4) is 5.75 Å². The summed E-state index contributed by atoms with van der Waals surface area (Å²) in [6.45, 7) is -0.0739. The summed E-state index contributed by atoms with van der Waals surface area (Å²) in [5, 5.41) is 21.7. The predicted molar refractivity (Wildman–Crippen MR) is 54.5 cm³/mol. The van der Waals surface area contributed by atoms with Crippen LogP contribution in [0.2, 0.25) is 0 Å². The molecule has 0 spiro atoms. The molecule has 0 fully saturated rings. The Bertz CT molecular complexity index is 528. The number of benzene rings is 1. The van der Waals surface area contributed by atoms with Gasteiger partial charge in [0.15, 0.2) is 11.6 Å². The van der Waals surface area contributed by atoms with Crippen LogP contribution in [0.3, 0.4) is 0 Å². The molecule has 0 aliphatic heterocycles. The molecular weight excluding hydrogens is 229 g/mol. The third-order valence-corrected chi connectivity index (χ3v) is 1.93. The van der Waals surface area contributed by atoms with Crippen molar-refractivity contribution in [3.05, 3.63) is 30.3 Å². The van der Waals surface area contributed by atoms with E-state index in [0.29, 0.717) is 0 Å². The van der Waals surface area contributed by atoms with Crippen molar-refractivity contribution in [2.45, 2.75) is 6.54 Å². The number of phenolic OH excluding ortho intramolecular Hbond substituents is 1. The van der Waals surface area contributed by atoms with E-state index in [1.165, 1.54) is 17.1 Å². The van der Waals surface area contributed by atoms with Crippen molar-refractivity contribution in [3.63, 3.8) is 0 Å². The van der Waals surface area contributed by atoms with Gasteiger partial charge in [0.2, 0.25) is 5.91 Å². The van der Waals surface area contributed by atoms with E-state index < -0.39 is 17.5 Å². The molecule has 2 aromatic rings. The number of tetrazole rings is 1. The lowest BCUT2D eigenvalue weighted by Crippen LogP contribution is -2.19. The van der Waals surface area contributed by atoms with E-state index in [1.54, 1.807) is 0 Å². The summed E-state index contributed by atoms with van der Waals surface area (Å²) in [6.07, 6.45) is 1.29. The largest absolute Gasteiger partial charge is 0.505 e. The second-order valence-corrected chi connectivity index (χ2v) is 3.22. The standard InChI is InChI=1S/C9H8FN5O2/c10-7-3-6(1-2-8(7)16)12-9(17)4-15-5-11-13-14-15/h1-3,5,16H,4H2,(H,12,17). The number of aromatic nitrogens is 4. The zero-order valence-corrected chi connectivity index (χ0v) is 8.54. The maximum atomic E-state index is 13.0. The molecule has 2 N–H and O–H groups in total. The van der Waals surface area contributed by atoms with Crippen LogP contribution in [0.4, 0.5) is 10.1 Å². The van der Waals surface area contributed by atoms with Crippen LogP contribution < -0.4 is 5.32 Å². The summed E-state index contributed by atoms with van der Waals surface area (Å²) in [4.78, 5) is 11.5. The highest BCUT2D eigenvalue weighted by atomic mass is 19.1. The van der Waals surface area contributed by atoms with Gasteiger partial charge in [0.1, 0.15) is 12.9 Å². The number of rotatable bonds is 3. The van der Waals surface area contributed by atoms with Gasteiger partial charge in [-0.1, -0.05) is 0 Å². The minimum absolute atomic E-state index is 0.0739. The molecular formula is C9H8FN5O2. The van der Waals surface area contributed by atoms with Crippen LogP contribution in [-0.2, 0) is 11.3 Å². The second-order valence-electron chi connectivity index (χ2n) is 3.22. The Balaban J connectivity index is 2.00. The highest BCUT2D eigenvalue weighted by Gasteiger charge is 2.06. The van der Waals surface area contributed by atoms with Gasteiger partial charge in [-0.2, -0.15) is 0 Å². The molecule has 7 nitrogen and oxygen atoms in total. The van der Waals surface area contributed by atoms with Gasteiger partial charge in [-0.05, 0) is 22.6 Å². The fraction of sp³-hybridized carbons (Fsp3) is 0.111. The highest BCUT2D eigenvalue weighted by Crippen LogP contribution is 2.19. The number of aromatic hydroxyl groups is 1. The molecule has 1 aromatic heterocycles. The summed E-state index contributed by atoms with van der Waals surface area (Å²) in [6, 6.07) is 3.56. The van der Waals surface area contributed by atoms with Crippen LogP contribution in [0.15, 0.2) is 24.5 Å². The van der Waals surface area contributed by atoms with E-state index in [4.69, 9.17) is 5.11 Å². The van der Waals surface area contributed by atoms with Gasteiger partial charge < -0.3 is 10.4 Å². The molecule has 0 radical (unpaired) electrons. The molecule has 0 bridgehead atoms. The first-order chi connectivity index (χ1) is 8.15. The normalized spacial score (nSPS) is 10.2. The van der Waals surface area contributed by atoms with Gasteiger partial charge in [0.05, 0.1) is 0 Å². The van der Waals surface area contributed by atoms with E-state index in [2.05, 4.69) is 20.8 Å². The van der Waals surface area contributed by atoms with Crippen molar-refractivity contribution >= 4 is 11.6 Å². The number of nitrogens with zero attached hydrogens (tertiary/aromatic N) is 4. The zero-order valence-electron chi connectivity index (χ0n) is 8.54. The number of nitrogens with one attached hydrogen (secondary N) is 1. The fourth-order valence-electron chi connectivity index (χ4n) is 1.19. The number of hydrogen-bond donors (Lipinski definition) is 2. The van der Waals surface area contributed by atoms with E-state index >= 15 is 0 Å². The average molecular weight is 237 g/mol. The van der Waals surface area contributed by atoms with Crippen LogP contribution in [0.1, 0.15) is 0 Å². The summed E-state index contributed by atoms with van der Waals surface area (Å²) >= 11 is 0. The van der Waals surface area contributed by atoms with E-state index in [1.807, 2.05) is 0 Å². The first-order valence-corrected chi connectivity index (χ1v) is 4.64. The Hall–Kier alpha value is -2.51. The molecule has 0 saturated heterocycles. The molecule has 88 valence electrons. The lowest BCUT2D eigenvalue weighted by Gasteiger charge is -2.05. The molecule has 2 rings (SSSR count). The third kappa shape index (κ3) is 2.74. The summed E-state index contributed by atoms with van der Waals surface area (Å²) in [7, 11) is 0. The maximum absolute atomic E-state index is 13.0. The zero-order chi connectivity index (χ0) is 12.3. The number of halogens is 1. The maximum Gasteiger partial charge on any atom is 0.246 e. The minimum Gasteiger partial charge on any atom is -0.505 e. The Labute approximate surface area is 94.9 Å². The second kappa shape index (κ2) is 4.56. The van der Waals surface area contributed by atoms with Gasteiger partial charge in [-0.25, -0.2) is 9.07 Å². The third-order valence-electron chi connectivity index (χ3n) is 1.93. The van der Waals surface area contributed by atoms with Crippen LogP contribution in [0.5, 0.6) is 5.75 Å². The van der Waals surface area contributed by atoms with Crippen molar-refractivity contribution in [2.24, 2.45) is 0 Å². The quantitative estimate of drug-likeness (QED) is 0.741. The van der Waals surface area contributed by atoms with Crippen molar-refractivity contribution < 1.29 is 14.3 Å². The smallest absolute Gasteiger partial charge is 0.246 e. The van der Waals surface area contributed by atoms with Crippen molar-refractivity contribution in [1.82, 2.24) is 20.2 Å². The molecule has 8 heteroatoms. The van der Waals surface area contributed by atoms with Gasteiger partial charge in [-0.3, -0.25) is 4.79 Å². The van der Waals surface area contributed by atoms with Crippen LogP contribution in [0.25, 0.3) is 0 Å². The predicted octanol–water partition coefficient (Wildman–Crippen LogP) is 0.156. The molecule has 0 aliphatic rings. The number of hydrogen-bond acceptors (Lipinski definition) is 5. The lowest BCUT2D eigenvalue weighted by molar-refractivity contribution is -0.116. The molecule has 0 unspecified atom stereocenters. The van der Waals surface area contributed by atoms with Crippen LogP contribution >= 0.6 is 0 Å². The van der Waals surface area contributed by atoms with Gasteiger partial charge in [0.25, 0.3) is 0 Å². The molecule has 0 aliphatic carbocycles. The SMILES string of the molecule is O=C(Cn1cnnn1)Nc1ccc(O)c(F)c1. The summed E-state index contributed by atoms with van der Waals surface area (Å²) in [5.41, 5.74) is 0.248. The first kappa shape index (κ1) is 11.0. The van der Waals surface area contributed by atoms with Crippen molar-refractivity contribution in [1.29, 1.82) is 0 Å². The summed E-state index contributed by atoms with van der Waals surface area (Å²) < 4.78 is 14.2. The number of carbonyl (C=O) groups excluding carboxylic acids is 1. The average Bonchev–Trinajstić information content (AvgIpc) is 2.76. The molecule has 0 saturated carbocycles. The topological polar surface area (TPSA) is 92.9 Å². The fourth-order valence-corrected chi connectivity index (χ4v) is 1.19. The van der Waals surface area contributed by atoms with Gasteiger partial charge in [-0.15, -0.1) is 5.10 Å². The van der Waals surface area contributed by atoms with Gasteiger partial charge in [0, 0.05) is 11.8 Å². The minimum atomic E-state index is -0.801. The molecule has 1 amide bonds. The highest BCUT2D eigenvalue weighted by molar-refractivity contribution is 5.90. The van der Waals surface area contributed by atoms with Gasteiger partial charge >= 0.3 is 0 Å². The lowest BCUT2D eigenvalue weighted by atomic mass is 10.3. The number of carbonyl (C=O) groups is 1. The molecule has 1 aromatic carbocycles. The number of anilines is 1. The monoisotopic (exact) mass is 237 g/mol. The van der Waals surface area contributed by atoms with Crippen LogP contribution in [0, 0.1) is 5.82 Å². The van der Waals surface area contributed by atoms with Crippen molar-refractivity contribution in [2.75, 3.05) is 5.32 Å². The van der Waals surface area contributed by atoms with E-state index in [0.717, 1.165) is 12.1 Å². The summed E-state index contributed by atoms with van der Waals surface area (Å²) in [5.74, 6) is -1.67. The van der Waals surface area contributed by atoms with Crippen LogP contribution in [-0.4, -0.2) is 31.2 Å².